The summed E-state index contributed by atoms with van der Waals surface area (Å²) in [4.78, 5) is 5.04. The number of ether oxygens (including phenoxy) is 3. The van der Waals surface area contributed by atoms with Gasteiger partial charge in [0.05, 0.1) is 18.7 Å². The molecule has 0 amide bonds. The molecular formula is C22H32N6O3. The van der Waals surface area contributed by atoms with E-state index in [1.165, 1.54) is 5.56 Å². The predicted molar refractivity (Wildman–Crippen MR) is 114 cm³/mol. The summed E-state index contributed by atoms with van der Waals surface area (Å²) in [6.45, 7) is 11.4. The summed E-state index contributed by atoms with van der Waals surface area (Å²) in [6.07, 6.45) is 2.44. The lowest BCUT2D eigenvalue weighted by atomic mass is 10.0. The van der Waals surface area contributed by atoms with Gasteiger partial charge in [-0.3, -0.25) is 9.80 Å². The molecule has 9 heteroatoms. The van der Waals surface area contributed by atoms with E-state index < -0.39 is 0 Å². The molecule has 9 nitrogen and oxygen atoms in total. The van der Waals surface area contributed by atoms with E-state index in [9.17, 15) is 0 Å². The maximum Gasteiger partial charge on any atom is 0.231 e. The average Bonchev–Trinajstić information content (AvgIpc) is 3.52. The Labute approximate surface area is 183 Å². The molecule has 0 unspecified atom stereocenters. The van der Waals surface area contributed by atoms with E-state index in [2.05, 4.69) is 51.3 Å². The van der Waals surface area contributed by atoms with Crippen molar-refractivity contribution >= 4 is 0 Å². The van der Waals surface area contributed by atoms with Crippen LogP contribution in [0.15, 0.2) is 18.2 Å². The largest absolute Gasteiger partial charge is 0.454 e. The summed E-state index contributed by atoms with van der Waals surface area (Å²) < 4.78 is 18.7. The number of piperazine rings is 1. The first-order chi connectivity index (χ1) is 15.2. The standard InChI is InChI=1S/C22H32N6O3/c1-16(2)21(22-23-24-25-28(22)14-18-4-3-11-29-18)27-9-7-26(8-10-27)13-17-5-6-19-20(12-17)31-15-30-19/h5-6,12,16,18,21H,3-4,7-11,13-15H2,1-2H3/t18-,21+/m0/s1. The monoisotopic (exact) mass is 428 g/mol. The highest BCUT2D eigenvalue weighted by molar-refractivity contribution is 5.44. The van der Waals surface area contributed by atoms with Crippen molar-refractivity contribution in [2.24, 2.45) is 5.92 Å². The van der Waals surface area contributed by atoms with E-state index in [0.29, 0.717) is 12.7 Å². The number of fused-ring (bicyclic) bond motifs is 1. The molecule has 1 aromatic heterocycles. The van der Waals surface area contributed by atoms with Gasteiger partial charge in [0.2, 0.25) is 6.79 Å². The Bertz CT molecular complexity index is 874. The number of hydrogen-bond donors (Lipinski definition) is 0. The zero-order valence-corrected chi connectivity index (χ0v) is 18.4. The van der Waals surface area contributed by atoms with Gasteiger partial charge >= 0.3 is 0 Å². The van der Waals surface area contributed by atoms with Crippen molar-refractivity contribution in [1.82, 2.24) is 30.0 Å². The second-order valence-electron chi connectivity index (χ2n) is 9.04. The molecule has 0 saturated carbocycles. The van der Waals surface area contributed by atoms with Gasteiger partial charge in [-0.05, 0) is 46.9 Å². The minimum absolute atomic E-state index is 0.212. The molecule has 4 heterocycles. The van der Waals surface area contributed by atoms with E-state index in [1.54, 1.807) is 0 Å². The number of tetrazole rings is 1. The van der Waals surface area contributed by atoms with Crippen LogP contribution in [0.2, 0.25) is 0 Å². The third kappa shape index (κ3) is 4.53. The van der Waals surface area contributed by atoms with Crippen molar-refractivity contribution in [2.75, 3.05) is 39.6 Å². The first-order valence-electron chi connectivity index (χ1n) is 11.4. The van der Waals surface area contributed by atoms with Crippen LogP contribution in [0.3, 0.4) is 0 Å². The predicted octanol–water partition coefficient (Wildman–Crippen LogP) is 2.10. The van der Waals surface area contributed by atoms with Crippen molar-refractivity contribution in [3.63, 3.8) is 0 Å². The SMILES string of the molecule is CC(C)[C@H](c1nnnn1C[C@@H]1CCCO1)N1CCN(Cc2ccc3c(c2)OCO3)CC1. The molecule has 0 spiro atoms. The number of rotatable bonds is 7. The highest BCUT2D eigenvalue weighted by Gasteiger charge is 2.32. The van der Waals surface area contributed by atoms with E-state index in [4.69, 9.17) is 14.2 Å². The van der Waals surface area contributed by atoms with Crippen molar-refractivity contribution in [3.8, 4) is 11.5 Å². The fourth-order valence-corrected chi connectivity index (χ4v) is 4.91. The molecule has 2 atom stereocenters. The van der Waals surface area contributed by atoms with Crippen molar-refractivity contribution < 1.29 is 14.2 Å². The molecule has 3 aliphatic rings. The fourth-order valence-electron chi connectivity index (χ4n) is 4.91. The van der Waals surface area contributed by atoms with Crippen LogP contribution in [0.4, 0.5) is 0 Å². The second-order valence-corrected chi connectivity index (χ2v) is 9.04. The van der Waals surface area contributed by atoms with Crippen molar-refractivity contribution in [1.29, 1.82) is 0 Å². The lowest BCUT2D eigenvalue weighted by Crippen LogP contribution is -2.48. The molecule has 1 aromatic carbocycles. The summed E-state index contributed by atoms with van der Waals surface area (Å²) in [5.41, 5.74) is 1.26. The zero-order chi connectivity index (χ0) is 21.2. The van der Waals surface area contributed by atoms with Gasteiger partial charge in [0.1, 0.15) is 0 Å². The molecule has 2 aromatic rings. The molecule has 168 valence electrons. The molecule has 5 rings (SSSR count). The molecule has 0 bridgehead atoms. The Balaban J connectivity index is 1.22. The van der Waals surface area contributed by atoms with Crippen molar-refractivity contribution in [2.45, 2.75) is 51.9 Å². The van der Waals surface area contributed by atoms with Crippen LogP contribution >= 0.6 is 0 Å². The number of hydrogen-bond acceptors (Lipinski definition) is 8. The van der Waals surface area contributed by atoms with Gasteiger partial charge in [-0.1, -0.05) is 19.9 Å². The summed E-state index contributed by atoms with van der Waals surface area (Å²) in [7, 11) is 0. The van der Waals surface area contributed by atoms with Gasteiger partial charge in [0, 0.05) is 39.3 Å². The quantitative estimate of drug-likeness (QED) is 0.664. The molecule has 0 aliphatic carbocycles. The summed E-state index contributed by atoms with van der Waals surface area (Å²) in [5.74, 6) is 3.09. The van der Waals surface area contributed by atoms with Crippen LogP contribution in [0, 0.1) is 5.92 Å². The molecular weight excluding hydrogens is 396 g/mol. The van der Waals surface area contributed by atoms with Gasteiger partial charge in [0.25, 0.3) is 0 Å². The minimum atomic E-state index is 0.212. The van der Waals surface area contributed by atoms with Crippen LogP contribution in [0.25, 0.3) is 0 Å². The van der Waals surface area contributed by atoms with Gasteiger partial charge in [-0.2, -0.15) is 0 Å². The topological polar surface area (TPSA) is 77.8 Å². The maximum atomic E-state index is 5.81. The smallest absolute Gasteiger partial charge is 0.231 e. The van der Waals surface area contributed by atoms with Crippen LogP contribution in [-0.4, -0.2) is 75.7 Å². The number of nitrogens with zero attached hydrogens (tertiary/aromatic N) is 6. The molecule has 2 fully saturated rings. The Kier molecular flexibility index (Phi) is 6.06. The van der Waals surface area contributed by atoms with Crippen LogP contribution in [-0.2, 0) is 17.8 Å². The molecule has 0 radical (unpaired) electrons. The fraction of sp³-hybridized carbons (Fsp3) is 0.682. The van der Waals surface area contributed by atoms with Crippen LogP contribution < -0.4 is 9.47 Å². The molecule has 31 heavy (non-hydrogen) atoms. The Hall–Kier alpha value is -2.23. The third-order valence-electron chi connectivity index (χ3n) is 6.50. The van der Waals surface area contributed by atoms with Gasteiger partial charge < -0.3 is 14.2 Å². The number of benzene rings is 1. The minimum Gasteiger partial charge on any atom is -0.454 e. The first-order valence-corrected chi connectivity index (χ1v) is 11.4. The summed E-state index contributed by atoms with van der Waals surface area (Å²) >= 11 is 0. The van der Waals surface area contributed by atoms with E-state index in [0.717, 1.165) is 76.0 Å². The Morgan fingerprint density at radius 1 is 1.10 bits per heavy atom. The third-order valence-corrected chi connectivity index (χ3v) is 6.50. The van der Waals surface area contributed by atoms with Crippen LogP contribution in [0.5, 0.6) is 11.5 Å². The second kappa shape index (κ2) is 9.10. The average molecular weight is 429 g/mol. The normalized spacial score (nSPS) is 23.0. The van der Waals surface area contributed by atoms with E-state index in [-0.39, 0.29) is 12.1 Å². The van der Waals surface area contributed by atoms with Gasteiger partial charge in [0.15, 0.2) is 17.3 Å². The Morgan fingerprint density at radius 3 is 2.71 bits per heavy atom. The molecule has 0 N–H and O–H groups in total. The number of aromatic nitrogens is 4. The van der Waals surface area contributed by atoms with Crippen LogP contribution in [0.1, 0.15) is 44.1 Å². The van der Waals surface area contributed by atoms with E-state index >= 15 is 0 Å². The summed E-state index contributed by atoms with van der Waals surface area (Å²) in [6, 6.07) is 6.46. The zero-order valence-electron chi connectivity index (χ0n) is 18.4. The first kappa shape index (κ1) is 20.7. The van der Waals surface area contributed by atoms with Gasteiger partial charge in [-0.25, -0.2) is 4.68 Å². The lowest BCUT2D eigenvalue weighted by molar-refractivity contribution is 0.0607. The van der Waals surface area contributed by atoms with E-state index in [1.807, 2.05) is 10.7 Å². The lowest BCUT2D eigenvalue weighted by Gasteiger charge is -2.40. The van der Waals surface area contributed by atoms with Gasteiger partial charge in [-0.15, -0.1) is 5.10 Å². The highest BCUT2D eigenvalue weighted by atomic mass is 16.7. The molecule has 3 aliphatic heterocycles. The Morgan fingerprint density at radius 2 is 1.94 bits per heavy atom. The highest BCUT2D eigenvalue weighted by Crippen LogP contribution is 2.33. The summed E-state index contributed by atoms with van der Waals surface area (Å²) in [5, 5.41) is 12.7. The molecule has 2 saturated heterocycles. The van der Waals surface area contributed by atoms with Crippen molar-refractivity contribution in [3.05, 3.63) is 29.6 Å². The maximum absolute atomic E-state index is 5.81.